The highest BCUT2D eigenvalue weighted by Crippen LogP contribution is 2.38. The molecular weight excluding hydrogens is 737 g/mol. The number of H-pyrrole nitrogens is 2. The molecule has 0 spiro atoms. The van der Waals surface area contributed by atoms with Crippen molar-refractivity contribution >= 4 is 34.8 Å². The van der Waals surface area contributed by atoms with Gasteiger partial charge < -0.3 is 39.9 Å². The summed E-state index contributed by atoms with van der Waals surface area (Å²) in [5.74, 6) is 0.920. The molecule has 7 rings (SSSR count). The van der Waals surface area contributed by atoms with Crippen LogP contribution in [0.5, 0.6) is 0 Å². The molecular formula is C44H52N8O6. The third-order valence-electron chi connectivity index (χ3n) is 11.4. The molecule has 4 N–H and O–H groups in total. The van der Waals surface area contributed by atoms with Crippen molar-refractivity contribution in [3.8, 4) is 33.6 Å². The lowest BCUT2D eigenvalue weighted by atomic mass is 9.93. The number of nitrogens with one attached hydrogen (secondary N) is 4. The minimum atomic E-state index is -0.702. The second-order valence-electron chi connectivity index (χ2n) is 15.7. The molecule has 5 aromatic rings. The summed E-state index contributed by atoms with van der Waals surface area (Å²) in [5, 5.41) is 7.57. The number of nitrogens with zero attached hydrogens (tertiary/aromatic N) is 4. The summed E-state index contributed by atoms with van der Waals surface area (Å²) in [5.41, 5.74) is 5.83. The lowest BCUT2D eigenvalue weighted by Gasteiger charge is -2.30. The van der Waals surface area contributed by atoms with Gasteiger partial charge in [0.25, 0.3) is 0 Å². The van der Waals surface area contributed by atoms with Crippen LogP contribution in [0.2, 0.25) is 0 Å². The fourth-order valence-electron chi connectivity index (χ4n) is 8.30. The summed E-state index contributed by atoms with van der Waals surface area (Å²) < 4.78 is 9.56. The van der Waals surface area contributed by atoms with Gasteiger partial charge in [-0.25, -0.2) is 19.6 Å². The first-order valence-corrected chi connectivity index (χ1v) is 20.0. The molecule has 14 heteroatoms. The quantitative estimate of drug-likeness (QED) is 0.107. The third kappa shape index (κ3) is 8.00. The number of alkyl carbamates (subject to hydrolysis) is 2. The van der Waals surface area contributed by atoms with Crippen molar-refractivity contribution in [2.75, 3.05) is 27.3 Å². The molecule has 14 nitrogen and oxygen atoms in total. The van der Waals surface area contributed by atoms with E-state index in [0.717, 1.165) is 81.7 Å². The Morgan fingerprint density at radius 1 is 0.638 bits per heavy atom. The molecule has 304 valence electrons. The Labute approximate surface area is 338 Å². The molecule has 4 amide bonds. The fraction of sp³-hybridized carbons (Fsp3) is 0.409. The number of aromatic nitrogens is 4. The molecule has 1 unspecified atom stereocenters. The van der Waals surface area contributed by atoms with Gasteiger partial charge in [0.05, 0.1) is 50.1 Å². The van der Waals surface area contributed by atoms with E-state index in [9.17, 15) is 19.2 Å². The van der Waals surface area contributed by atoms with Crippen LogP contribution >= 0.6 is 0 Å². The number of likely N-dealkylation sites (tertiary alicyclic amines) is 2. The van der Waals surface area contributed by atoms with Crippen molar-refractivity contribution in [1.29, 1.82) is 0 Å². The number of rotatable bonds is 11. The van der Waals surface area contributed by atoms with Crippen LogP contribution in [0.3, 0.4) is 0 Å². The maximum Gasteiger partial charge on any atom is 0.407 e. The zero-order valence-corrected chi connectivity index (χ0v) is 33.9. The van der Waals surface area contributed by atoms with E-state index in [0.29, 0.717) is 13.1 Å². The largest absolute Gasteiger partial charge is 0.453 e. The number of carbonyl (C=O) groups is 4. The van der Waals surface area contributed by atoms with Gasteiger partial charge >= 0.3 is 12.2 Å². The number of carbonyl (C=O) groups excluding carboxylic acids is 4. The highest BCUT2D eigenvalue weighted by molar-refractivity contribution is 6.04. The van der Waals surface area contributed by atoms with E-state index in [1.807, 2.05) is 62.0 Å². The lowest BCUT2D eigenvalue weighted by Crippen LogP contribution is -2.51. The van der Waals surface area contributed by atoms with Crippen molar-refractivity contribution in [2.24, 2.45) is 11.8 Å². The van der Waals surface area contributed by atoms with Gasteiger partial charge in [-0.05, 0) is 65.0 Å². The standard InChI is InChI=1S/C44H52N8O6/c1-25(2)37(49-43(55)57-5)41(53)51-21-9-13-35(51)39-45-23-33(47-39)28-17-15-27(16-18-28)29-19-20-32(31-12-8-7-11-30(29)31)34-24-46-40(48-34)36-14-10-22-52(36)42(54)38(26(3)4)50-44(56)58-6/h7-8,11-12,15-20,23-26,35-38H,9-10,13-14,21-22H2,1-6H3,(H,45,47)(H,46,48)(H,49,55)(H,50,56)/t35-,36-,37-,38?/m0/s1. The van der Waals surface area contributed by atoms with E-state index in [2.05, 4.69) is 69.1 Å². The van der Waals surface area contributed by atoms with E-state index in [1.165, 1.54) is 14.2 Å². The smallest absolute Gasteiger partial charge is 0.407 e. The molecule has 0 bridgehead atoms. The zero-order valence-electron chi connectivity index (χ0n) is 33.9. The summed E-state index contributed by atoms with van der Waals surface area (Å²) >= 11 is 0. The Morgan fingerprint density at radius 2 is 1.09 bits per heavy atom. The van der Waals surface area contributed by atoms with Gasteiger partial charge in [0.15, 0.2) is 0 Å². The van der Waals surface area contributed by atoms with E-state index in [4.69, 9.17) is 19.4 Å². The van der Waals surface area contributed by atoms with Gasteiger partial charge in [0.2, 0.25) is 11.8 Å². The van der Waals surface area contributed by atoms with Crippen molar-refractivity contribution < 1.29 is 28.7 Å². The Balaban J connectivity index is 1.09. The van der Waals surface area contributed by atoms with E-state index < -0.39 is 24.3 Å². The molecule has 4 heterocycles. The first-order valence-electron chi connectivity index (χ1n) is 20.0. The molecule has 0 radical (unpaired) electrons. The number of fused-ring (bicyclic) bond motifs is 1. The van der Waals surface area contributed by atoms with Gasteiger partial charge in [0, 0.05) is 18.7 Å². The molecule has 4 atom stereocenters. The first-order chi connectivity index (χ1) is 28.0. The molecule has 2 aromatic heterocycles. The summed E-state index contributed by atoms with van der Waals surface area (Å²) in [7, 11) is 2.58. The van der Waals surface area contributed by atoms with Crippen LogP contribution in [-0.2, 0) is 19.1 Å². The molecule has 2 aliphatic heterocycles. The fourth-order valence-corrected chi connectivity index (χ4v) is 8.30. The maximum atomic E-state index is 13.7. The number of amides is 4. The number of ether oxygens (including phenoxy) is 2. The molecule has 0 aliphatic carbocycles. The first kappa shape index (κ1) is 40.0. The Kier molecular flexibility index (Phi) is 11.8. The SMILES string of the molecule is COC(=O)NC(C(=O)N1CCC[C@H]1c1ncc(-c2ccc(-c3ccc(-c4cnc([C@@H]5CCCN5C(=O)[C@@H](NC(=O)OC)C(C)C)[nH]4)cc3)c3ccccc23)[nH]1)C(C)C. The third-order valence-corrected chi connectivity index (χ3v) is 11.4. The monoisotopic (exact) mass is 788 g/mol. The van der Waals surface area contributed by atoms with Crippen LogP contribution in [0.1, 0.15) is 77.1 Å². The van der Waals surface area contributed by atoms with Gasteiger partial charge in [0.1, 0.15) is 23.7 Å². The second kappa shape index (κ2) is 17.1. The van der Waals surface area contributed by atoms with Gasteiger partial charge in [-0.15, -0.1) is 0 Å². The predicted octanol–water partition coefficient (Wildman–Crippen LogP) is 7.38. The van der Waals surface area contributed by atoms with Gasteiger partial charge in [-0.3, -0.25) is 9.59 Å². The van der Waals surface area contributed by atoms with Crippen LogP contribution in [0.25, 0.3) is 44.4 Å². The van der Waals surface area contributed by atoms with Gasteiger partial charge in [-0.2, -0.15) is 0 Å². The normalized spacial score (nSPS) is 17.8. The van der Waals surface area contributed by atoms with Crippen molar-refractivity contribution in [1.82, 2.24) is 40.4 Å². The number of imidazole rings is 2. The molecule has 2 aliphatic rings. The average molecular weight is 789 g/mol. The molecule has 0 saturated carbocycles. The van der Waals surface area contributed by atoms with Gasteiger partial charge in [-0.1, -0.05) is 88.4 Å². The van der Waals surface area contributed by atoms with Crippen LogP contribution in [0, 0.1) is 11.8 Å². The van der Waals surface area contributed by atoms with Crippen molar-refractivity contribution in [2.45, 2.75) is 77.5 Å². The Bertz CT molecular complexity index is 2280. The minimum Gasteiger partial charge on any atom is -0.453 e. The average Bonchev–Trinajstić information content (AvgIpc) is 4.08. The van der Waals surface area contributed by atoms with Crippen LogP contribution in [-0.4, -0.2) is 93.1 Å². The Hall–Kier alpha value is -6.18. The molecule has 2 fully saturated rings. The molecule has 2 saturated heterocycles. The lowest BCUT2D eigenvalue weighted by molar-refractivity contribution is -0.136. The van der Waals surface area contributed by atoms with Crippen LogP contribution in [0.15, 0.2) is 73.1 Å². The number of hydrogen-bond acceptors (Lipinski definition) is 8. The summed E-state index contributed by atoms with van der Waals surface area (Å²) in [6.45, 7) is 8.78. The van der Waals surface area contributed by atoms with Crippen molar-refractivity contribution in [3.05, 3.63) is 84.7 Å². The topological polar surface area (TPSA) is 175 Å². The Morgan fingerprint density at radius 3 is 1.59 bits per heavy atom. The minimum absolute atomic E-state index is 0.111. The highest BCUT2D eigenvalue weighted by atomic mass is 16.5. The van der Waals surface area contributed by atoms with Crippen LogP contribution < -0.4 is 10.6 Å². The second-order valence-corrected chi connectivity index (χ2v) is 15.7. The number of benzene rings is 3. The van der Waals surface area contributed by atoms with E-state index in [-0.39, 0.29) is 35.7 Å². The number of methoxy groups -OCH3 is 2. The van der Waals surface area contributed by atoms with Crippen LogP contribution in [0.4, 0.5) is 9.59 Å². The van der Waals surface area contributed by atoms with E-state index >= 15 is 0 Å². The molecule has 3 aromatic carbocycles. The summed E-state index contributed by atoms with van der Waals surface area (Å²) in [6, 6.07) is 19.0. The predicted molar refractivity (Wildman–Crippen MR) is 220 cm³/mol. The zero-order chi connectivity index (χ0) is 41.1. The summed E-state index contributed by atoms with van der Waals surface area (Å²) in [6.07, 6.45) is 5.61. The number of hydrogen-bond donors (Lipinski definition) is 4. The number of aromatic amines is 2. The molecule has 58 heavy (non-hydrogen) atoms. The maximum absolute atomic E-state index is 13.7. The van der Waals surface area contributed by atoms with E-state index in [1.54, 1.807) is 0 Å². The summed E-state index contributed by atoms with van der Waals surface area (Å²) in [4.78, 5) is 71.4. The van der Waals surface area contributed by atoms with Crippen molar-refractivity contribution in [3.63, 3.8) is 0 Å². The highest BCUT2D eigenvalue weighted by Gasteiger charge is 2.39.